The molecule has 0 aliphatic heterocycles. The van der Waals surface area contributed by atoms with Crippen molar-refractivity contribution in [1.82, 2.24) is 24.8 Å². The highest BCUT2D eigenvalue weighted by Gasteiger charge is 2.23. The molecule has 0 aliphatic carbocycles. The van der Waals surface area contributed by atoms with E-state index in [9.17, 15) is 0 Å². The fourth-order valence-electron chi connectivity index (χ4n) is 2.54. The predicted molar refractivity (Wildman–Crippen MR) is 111 cm³/mol. The molecule has 1 radical (unpaired) electrons. The van der Waals surface area contributed by atoms with Crippen LogP contribution in [0.5, 0.6) is 0 Å². The molecule has 7 heteroatoms. The topological polar surface area (TPSA) is 65.7 Å². The molecule has 5 nitrogen and oxygen atoms in total. The number of aromatic nitrogens is 4. The van der Waals surface area contributed by atoms with Crippen molar-refractivity contribution in [2.75, 3.05) is 0 Å². The number of rotatable bonds is 6. The average Bonchev–Trinajstić information content (AvgIpc) is 2.77. The Bertz CT molecular complexity index is 797. The summed E-state index contributed by atoms with van der Waals surface area (Å²) in [6, 6.07) is 16.4. The fraction of sp³-hybridized carbons (Fsp3) is 0. The Morgan fingerprint density at radius 1 is 0.407 bits per heavy atom. The molecule has 0 fully saturated rings. The lowest BCUT2D eigenvalue weighted by atomic mass is 10.5. The van der Waals surface area contributed by atoms with Crippen molar-refractivity contribution in [3.05, 3.63) is 98.1 Å². The normalized spacial score (nSPS) is 11.0. The van der Waals surface area contributed by atoms with Crippen LogP contribution in [0.2, 0.25) is 0 Å². The standard InChI is InChI=1S/C20H16N5P2/c1-9-21-10-2-17(1)26(18-3-11-22-12-4-18)25-27(19-5-13-23-14-6-19)20-7-15-24-16-8-20/h1-16H. The highest BCUT2D eigenvalue weighted by atomic mass is 31.2. The maximum atomic E-state index is 5.38. The Balaban J connectivity index is 1.77. The van der Waals surface area contributed by atoms with Crippen LogP contribution < -0.4 is 26.1 Å². The van der Waals surface area contributed by atoms with E-state index in [0.29, 0.717) is 0 Å². The van der Waals surface area contributed by atoms with Crippen LogP contribution in [0.25, 0.3) is 0 Å². The van der Waals surface area contributed by atoms with Crippen LogP contribution in [0.15, 0.2) is 98.1 Å². The summed E-state index contributed by atoms with van der Waals surface area (Å²) in [7, 11) is -1.81. The summed E-state index contributed by atoms with van der Waals surface area (Å²) in [5, 5.41) is 4.67. The molecule has 0 atom stereocenters. The van der Waals surface area contributed by atoms with Crippen LogP contribution >= 0.6 is 16.1 Å². The first-order chi connectivity index (χ1) is 13.4. The first kappa shape index (κ1) is 17.8. The van der Waals surface area contributed by atoms with Gasteiger partial charge in [0.2, 0.25) is 0 Å². The van der Waals surface area contributed by atoms with E-state index in [1.807, 2.05) is 98.1 Å². The summed E-state index contributed by atoms with van der Waals surface area (Å²) < 4.78 is 0. The van der Waals surface area contributed by atoms with Crippen LogP contribution in [0.1, 0.15) is 0 Å². The Morgan fingerprint density at radius 2 is 0.630 bits per heavy atom. The van der Waals surface area contributed by atoms with Crippen LogP contribution in [-0.4, -0.2) is 19.9 Å². The third-order valence-electron chi connectivity index (χ3n) is 3.81. The van der Waals surface area contributed by atoms with Gasteiger partial charge in [0, 0.05) is 65.7 Å². The molecule has 131 valence electrons. The van der Waals surface area contributed by atoms with Gasteiger partial charge < -0.3 is 0 Å². The van der Waals surface area contributed by atoms with Gasteiger partial charge in [0.1, 0.15) is 0 Å². The molecule has 0 saturated heterocycles. The van der Waals surface area contributed by atoms with Gasteiger partial charge in [0.15, 0.2) is 0 Å². The minimum atomic E-state index is -0.904. The van der Waals surface area contributed by atoms with Crippen molar-refractivity contribution in [3.8, 4) is 0 Å². The molecule has 27 heavy (non-hydrogen) atoms. The van der Waals surface area contributed by atoms with Gasteiger partial charge in [-0.2, -0.15) is 4.86 Å². The smallest absolute Gasteiger partial charge is 0.0499 e. The van der Waals surface area contributed by atoms with Gasteiger partial charge >= 0.3 is 0 Å². The highest BCUT2D eigenvalue weighted by molar-refractivity contribution is 7.85. The number of nitrogens with zero attached hydrogens (tertiary/aromatic N) is 5. The van der Waals surface area contributed by atoms with Crippen molar-refractivity contribution < 1.29 is 0 Å². The summed E-state index contributed by atoms with van der Waals surface area (Å²) in [5.74, 6) is 0. The molecule has 0 spiro atoms. The highest BCUT2D eigenvalue weighted by Crippen LogP contribution is 2.44. The zero-order valence-electron chi connectivity index (χ0n) is 14.4. The molecule has 0 amide bonds. The lowest BCUT2D eigenvalue weighted by molar-refractivity contribution is 1.33. The van der Waals surface area contributed by atoms with E-state index < -0.39 is 16.1 Å². The van der Waals surface area contributed by atoms with E-state index in [-0.39, 0.29) is 0 Å². The third kappa shape index (κ3) is 4.40. The Hall–Kier alpha value is -2.58. The van der Waals surface area contributed by atoms with Crippen LogP contribution in [0, 0.1) is 0 Å². The van der Waals surface area contributed by atoms with Gasteiger partial charge in [-0.15, -0.1) is 0 Å². The molecule has 0 unspecified atom stereocenters. The van der Waals surface area contributed by atoms with Gasteiger partial charge in [-0.3, -0.25) is 19.9 Å². The monoisotopic (exact) mass is 388 g/mol. The molecule has 4 heterocycles. The Morgan fingerprint density at radius 3 is 0.852 bits per heavy atom. The quantitative estimate of drug-likeness (QED) is 0.476. The molecule has 0 saturated carbocycles. The number of hydrogen-bond donors (Lipinski definition) is 0. The van der Waals surface area contributed by atoms with Gasteiger partial charge in [-0.25, -0.2) is 0 Å². The SMILES string of the molecule is c1cc(P([N]P(c2ccncc2)c2ccncc2)c2ccncc2)ccn1. The van der Waals surface area contributed by atoms with Crippen LogP contribution in [0.4, 0.5) is 0 Å². The Labute approximate surface area is 160 Å². The van der Waals surface area contributed by atoms with Crippen molar-refractivity contribution in [3.63, 3.8) is 0 Å². The number of hydrogen-bond acceptors (Lipinski definition) is 4. The van der Waals surface area contributed by atoms with E-state index in [4.69, 9.17) is 4.86 Å². The van der Waals surface area contributed by atoms with Crippen molar-refractivity contribution in [2.45, 2.75) is 0 Å². The van der Waals surface area contributed by atoms with Crippen molar-refractivity contribution in [1.29, 1.82) is 0 Å². The number of pyridine rings is 4. The zero-order valence-corrected chi connectivity index (χ0v) is 16.2. The maximum Gasteiger partial charge on any atom is 0.0499 e. The van der Waals surface area contributed by atoms with Gasteiger partial charge in [-0.05, 0) is 69.7 Å². The molecular weight excluding hydrogens is 372 g/mol. The largest absolute Gasteiger partial charge is 0.265 e. The van der Waals surface area contributed by atoms with Gasteiger partial charge in [0.05, 0.1) is 0 Å². The molecule has 4 aromatic heterocycles. The average molecular weight is 388 g/mol. The second-order valence-corrected chi connectivity index (χ2v) is 9.56. The molecule has 4 aromatic rings. The molecular formula is C20H16N5P2. The summed E-state index contributed by atoms with van der Waals surface area (Å²) in [6.07, 6.45) is 14.6. The molecule has 0 N–H and O–H groups in total. The van der Waals surface area contributed by atoms with Gasteiger partial charge in [-0.1, -0.05) is 0 Å². The van der Waals surface area contributed by atoms with E-state index in [0.717, 1.165) is 0 Å². The van der Waals surface area contributed by atoms with Crippen molar-refractivity contribution >= 4 is 37.4 Å². The van der Waals surface area contributed by atoms with Crippen molar-refractivity contribution in [2.24, 2.45) is 0 Å². The minimum Gasteiger partial charge on any atom is -0.265 e. The maximum absolute atomic E-state index is 5.38. The molecule has 0 bridgehead atoms. The minimum absolute atomic E-state index is 0.904. The molecule has 4 rings (SSSR count). The second-order valence-electron chi connectivity index (χ2n) is 5.53. The second kappa shape index (κ2) is 8.88. The summed E-state index contributed by atoms with van der Waals surface area (Å²) in [6.45, 7) is 0. The van der Waals surface area contributed by atoms with E-state index in [1.165, 1.54) is 21.2 Å². The summed E-state index contributed by atoms with van der Waals surface area (Å²) >= 11 is 0. The van der Waals surface area contributed by atoms with Crippen LogP contribution in [0.3, 0.4) is 0 Å². The van der Waals surface area contributed by atoms with Gasteiger partial charge in [0.25, 0.3) is 0 Å². The summed E-state index contributed by atoms with van der Waals surface area (Å²) in [5.41, 5.74) is 0. The lowest BCUT2D eigenvalue weighted by Gasteiger charge is -2.24. The lowest BCUT2D eigenvalue weighted by Crippen LogP contribution is -2.23. The van der Waals surface area contributed by atoms with E-state index in [1.54, 1.807) is 0 Å². The van der Waals surface area contributed by atoms with E-state index >= 15 is 0 Å². The third-order valence-corrected chi connectivity index (χ3v) is 8.39. The fourth-order valence-corrected chi connectivity index (χ4v) is 7.16. The summed E-state index contributed by atoms with van der Waals surface area (Å²) in [4.78, 5) is 22.0. The zero-order chi connectivity index (χ0) is 18.3. The predicted octanol–water partition coefficient (Wildman–Crippen LogP) is 2.27. The molecule has 0 aromatic carbocycles. The van der Waals surface area contributed by atoms with Crippen LogP contribution in [-0.2, 0) is 0 Å². The molecule has 0 aliphatic rings. The van der Waals surface area contributed by atoms with E-state index in [2.05, 4.69) is 19.9 Å². The first-order valence-corrected chi connectivity index (χ1v) is 10.9. The first-order valence-electron chi connectivity index (χ1n) is 8.34. The Kier molecular flexibility index (Phi) is 5.86.